The number of aromatic nitrogens is 2. The Morgan fingerprint density at radius 2 is 2.14 bits per heavy atom. The van der Waals surface area contributed by atoms with Crippen LogP contribution in [0.4, 0.5) is 5.82 Å². The van der Waals surface area contributed by atoms with Crippen molar-refractivity contribution in [3.05, 3.63) is 39.2 Å². The lowest BCUT2D eigenvalue weighted by molar-refractivity contribution is 0.316. The molecule has 0 aromatic carbocycles. The summed E-state index contributed by atoms with van der Waals surface area (Å²) >= 11 is 1.73. The molecule has 0 radical (unpaired) electrons. The summed E-state index contributed by atoms with van der Waals surface area (Å²) in [6.07, 6.45) is 0. The number of anilines is 1. The van der Waals surface area contributed by atoms with Gasteiger partial charge in [-0.1, -0.05) is 6.07 Å². The van der Waals surface area contributed by atoms with Crippen molar-refractivity contribution in [2.45, 2.75) is 19.9 Å². The fourth-order valence-electron chi connectivity index (χ4n) is 2.08. The first kappa shape index (κ1) is 15.4. The van der Waals surface area contributed by atoms with Gasteiger partial charge < -0.3 is 10.2 Å². The van der Waals surface area contributed by atoms with Crippen LogP contribution in [0.1, 0.15) is 27.7 Å². The molecule has 0 saturated carbocycles. The number of rotatable bonds is 5. The van der Waals surface area contributed by atoms with Gasteiger partial charge in [0.1, 0.15) is 11.6 Å². The Bertz CT molecular complexity index is 643. The van der Waals surface area contributed by atoms with Gasteiger partial charge in [-0.05, 0) is 45.0 Å². The van der Waals surface area contributed by atoms with Gasteiger partial charge in [-0.3, -0.25) is 0 Å². The van der Waals surface area contributed by atoms with E-state index in [1.165, 1.54) is 4.88 Å². The van der Waals surface area contributed by atoms with Crippen LogP contribution in [0.2, 0.25) is 0 Å². The zero-order chi connectivity index (χ0) is 15.4. The van der Waals surface area contributed by atoms with Crippen molar-refractivity contribution in [2.75, 3.05) is 26.0 Å². The molecule has 0 aliphatic rings. The van der Waals surface area contributed by atoms with E-state index < -0.39 is 0 Å². The Balaban J connectivity index is 2.19. The molecule has 0 spiro atoms. The van der Waals surface area contributed by atoms with Crippen molar-refractivity contribution in [1.29, 1.82) is 5.26 Å². The summed E-state index contributed by atoms with van der Waals surface area (Å²) < 4.78 is 0. The number of hydrogen-bond acceptors (Lipinski definition) is 6. The van der Waals surface area contributed by atoms with Crippen LogP contribution in [0.5, 0.6) is 0 Å². The third kappa shape index (κ3) is 3.38. The molecule has 2 aromatic heterocycles. The summed E-state index contributed by atoms with van der Waals surface area (Å²) in [5, 5.41) is 22.9. The number of thiophene rings is 1. The Morgan fingerprint density at radius 1 is 1.38 bits per heavy atom. The van der Waals surface area contributed by atoms with E-state index in [0.717, 1.165) is 11.3 Å². The summed E-state index contributed by atoms with van der Waals surface area (Å²) in [6, 6.07) is 6.62. The molecule has 21 heavy (non-hydrogen) atoms. The van der Waals surface area contributed by atoms with Gasteiger partial charge in [0.25, 0.3) is 0 Å². The number of nitrogens with zero attached hydrogens (tertiary/aromatic N) is 4. The number of nitriles is 1. The Hall–Kier alpha value is -1.97. The summed E-state index contributed by atoms with van der Waals surface area (Å²) in [6.45, 7) is 4.44. The highest BCUT2D eigenvalue weighted by Gasteiger charge is 2.17. The standard InChI is InChI=1S/C15H19N5S/c1-10-11(2)18-19-15(12(10)8-16)17-9-13(20(3)4)14-6-5-7-21-14/h5-7,13H,9H2,1-4H3,(H,17,19)/t13-/m0/s1. The molecular formula is C15H19N5S. The van der Waals surface area contributed by atoms with Gasteiger partial charge in [0.2, 0.25) is 0 Å². The highest BCUT2D eigenvalue weighted by molar-refractivity contribution is 7.10. The number of hydrogen-bond donors (Lipinski definition) is 1. The van der Waals surface area contributed by atoms with E-state index in [9.17, 15) is 5.26 Å². The van der Waals surface area contributed by atoms with Crippen LogP contribution in [0.25, 0.3) is 0 Å². The topological polar surface area (TPSA) is 64.8 Å². The van der Waals surface area contributed by atoms with Crippen molar-refractivity contribution in [1.82, 2.24) is 15.1 Å². The van der Waals surface area contributed by atoms with Gasteiger partial charge in [-0.2, -0.15) is 10.4 Å². The molecule has 2 aromatic rings. The SMILES string of the molecule is Cc1nnc(NC[C@@H](c2cccs2)N(C)C)c(C#N)c1C. The molecule has 0 amide bonds. The maximum Gasteiger partial charge on any atom is 0.167 e. The summed E-state index contributed by atoms with van der Waals surface area (Å²) in [7, 11) is 4.09. The second-order valence-corrected chi connectivity index (χ2v) is 6.10. The Kier molecular flexibility index (Phi) is 4.89. The average Bonchev–Trinajstić information content (AvgIpc) is 2.96. The lowest BCUT2D eigenvalue weighted by Crippen LogP contribution is -2.26. The molecule has 0 unspecified atom stereocenters. The van der Waals surface area contributed by atoms with E-state index in [-0.39, 0.29) is 6.04 Å². The van der Waals surface area contributed by atoms with Crippen molar-refractivity contribution in [2.24, 2.45) is 0 Å². The van der Waals surface area contributed by atoms with Gasteiger partial charge in [-0.15, -0.1) is 16.4 Å². The largest absolute Gasteiger partial charge is 0.366 e. The highest BCUT2D eigenvalue weighted by atomic mass is 32.1. The Labute approximate surface area is 129 Å². The highest BCUT2D eigenvalue weighted by Crippen LogP contribution is 2.24. The van der Waals surface area contributed by atoms with Crippen molar-refractivity contribution >= 4 is 17.2 Å². The van der Waals surface area contributed by atoms with E-state index in [1.54, 1.807) is 11.3 Å². The molecule has 0 bridgehead atoms. The van der Waals surface area contributed by atoms with E-state index in [2.05, 4.69) is 37.9 Å². The van der Waals surface area contributed by atoms with E-state index >= 15 is 0 Å². The number of aryl methyl sites for hydroxylation is 1. The first-order valence-electron chi connectivity index (χ1n) is 6.72. The van der Waals surface area contributed by atoms with Crippen LogP contribution in [0.3, 0.4) is 0 Å². The van der Waals surface area contributed by atoms with Crippen LogP contribution in [0.15, 0.2) is 17.5 Å². The van der Waals surface area contributed by atoms with Crippen LogP contribution < -0.4 is 5.32 Å². The third-order valence-corrected chi connectivity index (χ3v) is 4.50. The van der Waals surface area contributed by atoms with Gasteiger partial charge >= 0.3 is 0 Å². The minimum absolute atomic E-state index is 0.236. The molecule has 2 heterocycles. The van der Waals surface area contributed by atoms with Gasteiger partial charge in [-0.25, -0.2) is 0 Å². The summed E-state index contributed by atoms with van der Waals surface area (Å²) in [4.78, 5) is 3.43. The van der Waals surface area contributed by atoms with Crippen molar-refractivity contribution < 1.29 is 0 Å². The zero-order valence-electron chi connectivity index (χ0n) is 12.7. The number of nitrogens with one attached hydrogen (secondary N) is 1. The fourth-order valence-corrected chi connectivity index (χ4v) is 3.00. The lowest BCUT2D eigenvalue weighted by atomic mass is 10.1. The first-order chi connectivity index (χ1) is 10.0. The van der Waals surface area contributed by atoms with Gasteiger partial charge in [0, 0.05) is 11.4 Å². The zero-order valence-corrected chi connectivity index (χ0v) is 13.5. The van der Waals surface area contributed by atoms with E-state index in [1.807, 2.05) is 34.0 Å². The smallest absolute Gasteiger partial charge is 0.167 e. The monoisotopic (exact) mass is 301 g/mol. The van der Waals surface area contributed by atoms with E-state index in [0.29, 0.717) is 17.9 Å². The predicted octanol–water partition coefficient (Wildman–Crippen LogP) is 2.74. The first-order valence-corrected chi connectivity index (χ1v) is 7.60. The summed E-state index contributed by atoms with van der Waals surface area (Å²) in [5.41, 5.74) is 2.25. The second kappa shape index (κ2) is 6.66. The van der Waals surface area contributed by atoms with Crippen LogP contribution in [-0.2, 0) is 0 Å². The molecule has 6 heteroatoms. The minimum atomic E-state index is 0.236. The molecule has 0 saturated heterocycles. The van der Waals surface area contributed by atoms with Gasteiger partial charge in [0.05, 0.1) is 11.7 Å². The average molecular weight is 301 g/mol. The van der Waals surface area contributed by atoms with E-state index in [4.69, 9.17) is 0 Å². The third-order valence-electron chi connectivity index (χ3n) is 3.52. The molecule has 2 rings (SSSR count). The minimum Gasteiger partial charge on any atom is -0.366 e. The molecule has 0 fully saturated rings. The molecule has 1 atom stereocenters. The van der Waals surface area contributed by atoms with Gasteiger partial charge in [0.15, 0.2) is 5.82 Å². The van der Waals surface area contributed by atoms with Crippen molar-refractivity contribution in [3.63, 3.8) is 0 Å². The predicted molar refractivity (Wildman–Crippen MR) is 85.5 cm³/mol. The molecular weight excluding hydrogens is 282 g/mol. The maximum absolute atomic E-state index is 9.32. The van der Waals surface area contributed by atoms with Crippen LogP contribution in [-0.4, -0.2) is 35.7 Å². The van der Waals surface area contributed by atoms with Crippen LogP contribution in [0, 0.1) is 25.2 Å². The normalized spacial score (nSPS) is 12.2. The molecule has 5 nitrogen and oxygen atoms in total. The fraction of sp³-hybridized carbons (Fsp3) is 0.400. The molecule has 0 aliphatic carbocycles. The Morgan fingerprint density at radius 3 is 2.71 bits per heavy atom. The van der Waals surface area contributed by atoms with Crippen molar-refractivity contribution in [3.8, 4) is 6.07 Å². The second-order valence-electron chi connectivity index (χ2n) is 5.12. The van der Waals surface area contributed by atoms with Crippen LogP contribution >= 0.6 is 11.3 Å². The number of likely N-dealkylation sites (N-methyl/N-ethyl adjacent to an activating group) is 1. The lowest BCUT2D eigenvalue weighted by Gasteiger charge is -2.24. The quantitative estimate of drug-likeness (QED) is 0.920. The molecule has 110 valence electrons. The molecule has 1 N–H and O–H groups in total. The summed E-state index contributed by atoms with van der Waals surface area (Å²) in [5.74, 6) is 0.559. The molecule has 0 aliphatic heterocycles. The maximum atomic E-state index is 9.32.